The van der Waals surface area contributed by atoms with Crippen molar-refractivity contribution in [3.8, 4) is 11.3 Å². The lowest BCUT2D eigenvalue weighted by atomic mass is 10.1. The van der Waals surface area contributed by atoms with Crippen molar-refractivity contribution in [1.82, 2.24) is 15.0 Å². The number of hydrogen-bond acceptors (Lipinski definition) is 5. The second-order valence-electron chi connectivity index (χ2n) is 5.93. The highest BCUT2D eigenvalue weighted by Gasteiger charge is 2.23. The first kappa shape index (κ1) is 15.1. The molecule has 2 aromatic heterocycles. The number of benzene rings is 1. The molecule has 5 nitrogen and oxygen atoms in total. The molecular weight excluding hydrogens is 302 g/mol. The first-order valence-electron chi connectivity index (χ1n) is 8.13. The number of aromatic nitrogens is 2. The molecule has 3 aromatic rings. The first-order valence-corrected chi connectivity index (χ1v) is 8.13. The average Bonchev–Trinajstić information content (AvgIpc) is 3.12. The van der Waals surface area contributed by atoms with Crippen LogP contribution in [0.15, 0.2) is 65.4 Å². The summed E-state index contributed by atoms with van der Waals surface area (Å²) in [5, 5.41) is 4.19. The van der Waals surface area contributed by atoms with Gasteiger partial charge in [-0.2, -0.15) is 0 Å². The molecule has 0 aliphatic carbocycles. The fourth-order valence-corrected chi connectivity index (χ4v) is 2.97. The quantitative estimate of drug-likeness (QED) is 0.738. The molecule has 0 saturated carbocycles. The van der Waals surface area contributed by atoms with Gasteiger partial charge < -0.3 is 9.26 Å². The van der Waals surface area contributed by atoms with E-state index in [-0.39, 0.29) is 6.10 Å². The number of pyridine rings is 1. The van der Waals surface area contributed by atoms with E-state index in [1.54, 1.807) is 6.20 Å². The lowest BCUT2D eigenvalue weighted by molar-refractivity contribution is -0.0352. The summed E-state index contributed by atoms with van der Waals surface area (Å²) >= 11 is 0. The highest BCUT2D eigenvalue weighted by molar-refractivity contribution is 5.58. The first-order chi connectivity index (χ1) is 11.9. The minimum atomic E-state index is 0.0592. The topological polar surface area (TPSA) is 51.4 Å². The predicted molar refractivity (Wildman–Crippen MR) is 90.1 cm³/mol. The second kappa shape index (κ2) is 6.95. The van der Waals surface area contributed by atoms with Crippen LogP contribution < -0.4 is 0 Å². The van der Waals surface area contributed by atoms with Crippen LogP contribution >= 0.6 is 0 Å². The Bertz CT molecular complexity index is 774. The molecule has 3 heterocycles. The van der Waals surface area contributed by atoms with Crippen LogP contribution in [0.3, 0.4) is 0 Å². The van der Waals surface area contributed by atoms with E-state index in [1.165, 1.54) is 0 Å². The van der Waals surface area contributed by atoms with Crippen molar-refractivity contribution in [2.24, 2.45) is 0 Å². The number of morpholine rings is 1. The van der Waals surface area contributed by atoms with Gasteiger partial charge in [0.15, 0.2) is 5.76 Å². The lowest BCUT2D eigenvalue weighted by Crippen LogP contribution is -2.37. The fraction of sp³-hybridized carbons (Fsp3) is 0.263. The normalized spacial score (nSPS) is 18.6. The van der Waals surface area contributed by atoms with Crippen LogP contribution in [0.25, 0.3) is 11.3 Å². The third kappa shape index (κ3) is 3.37. The van der Waals surface area contributed by atoms with Crippen molar-refractivity contribution < 1.29 is 9.26 Å². The second-order valence-corrected chi connectivity index (χ2v) is 5.93. The van der Waals surface area contributed by atoms with E-state index in [2.05, 4.69) is 21.1 Å². The molecule has 0 N–H and O–H groups in total. The Morgan fingerprint density at radius 1 is 1.12 bits per heavy atom. The van der Waals surface area contributed by atoms with Crippen molar-refractivity contribution >= 4 is 0 Å². The van der Waals surface area contributed by atoms with Gasteiger partial charge in [0, 0.05) is 42.7 Å². The summed E-state index contributed by atoms with van der Waals surface area (Å²) in [6.45, 7) is 3.16. The van der Waals surface area contributed by atoms with Crippen molar-refractivity contribution in [2.45, 2.75) is 12.6 Å². The SMILES string of the molecule is c1ccc(-c2cc(CN3CCOC(c4cccnc4)C3)on2)cc1. The third-order valence-electron chi connectivity index (χ3n) is 4.21. The molecule has 1 saturated heterocycles. The Balaban J connectivity index is 1.43. The van der Waals surface area contributed by atoms with Gasteiger partial charge in [-0.3, -0.25) is 9.88 Å². The van der Waals surface area contributed by atoms with Gasteiger partial charge in [0.1, 0.15) is 5.69 Å². The fourth-order valence-electron chi connectivity index (χ4n) is 2.97. The monoisotopic (exact) mass is 321 g/mol. The van der Waals surface area contributed by atoms with E-state index < -0.39 is 0 Å². The molecule has 1 unspecified atom stereocenters. The van der Waals surface area contributed by atoms with Gasteiger partial charge in [-0.25, -0.2) is 0 Å². The van der Waals surface area contributed by atoms with Crippen LogP contribution in [0.4, 0.5) is 0 Å². The Hall–Kier alpha value is -2.50. The van der Waals surface area contributed by atoms with Gasteiger partial charge in [0.2, 0.25) is 0 Å². The van der Waals surface area contributed by atoms with Crippen molar-refractivity contribution in [3.05, 3.63) is 72.2 Å². The molecule has 4 rings (SSSR count). The molecule has 24 heavy (non-hydrogen) atoms. The zero-order chi connectivity index (χ0) is 16.2. The van der Waals surface area contributed by atoms with E-state index in [0.717, 1.165) is 42.2 Å². The molecule has 1 atom stereocenters. The number of ether oxygens (including phenoxy) is 1. The van der Waals surface area contributed by atoms with E-state index in [9.17, 15) is 0 Å². The number of rotatable bonds is 4. The Labute approximate surface area is 140 Å². The summed E-state index contributed by atoms with van der Waals surface area (Å²) < 4.78 is 11.4. The van der Waals surface area contributed by atoms with Crippen LogP contribution in [-0.4, -0.2) is 34.7 Å². The van der Waals surface area contributed by atoms with Crippen molar-refractivity contribution in [3.63, 3.8) is 0 Å². The smallest absolute Gasteiger partial charge is 0.151 e. The van der Waals surface area contributed by atoms with E-state index in [1.807, 2.05) is 48.7 Å². The zero-order valence-corrected chi connectivity index (χ0v) is 13.3. The Morgan fingerprint density at radius 3 is 2.88 bits per heavy atom. The summed E-state index contributed by atoms with van der Waals surface area (Å²) in [4.78, 5) is 6.51. The zero-order valence-electron chi connectivity index (χ0n) is 13.3. The summed E-state index contributed by atoms with van der Waals surface area (Å²) in [7, 11) is 0. The van der Waals surface area contributed by atoms with Crippen molar-refractivity contribution in [2.75, 3.05) is 19.7 Å². The standard InChI is InChI=1S/C19H19N3O2/c1-2-5-15(6-3-1)18-11-17(24-21-18)13-22-9-10-23-19(14-22)16-7-4-8-20-12-16/h1-8,11-12,19H,9-10,13-14H2. The van der Waals surface area contributed by atoms with Gasteiger partial charge in [-0.05, 0) is 6.07 Å². The van der Waals surface area contributed by atoms with Gasteiger partial charge in [-0.15, -0.1) is 0 Å². The molecule has 0 amide bonds. The van der Waals surface area contributed by atoms with Crippen LogP contribution in [0, 0.1) is 0 Å². The van der Waals surface area contributed by atoms with Gasteiger partial charge in [0.05, 0.1) is 19.3 Å². The van der Waals surface area contributed by atoms with E-state index >= 15 is 0 Å². The predicted octanol–water partition coefficient (Wildman–Crippen LogP) is 3.31. The minimum Gasteiger partial charge on any atom is -0.371 e. The highest BCUT2D eigenvalue weighted by atomic mass is 16.5. The van der Waals surface area contributed by atoms with Crippen LogP contribution in [-0.2, 0) is 11.3 Å². The van der Waals surface area contributed by atoms with Crippen LogP contribution in [0.5, 0.6) is 0 Å². The number of hydrogen-bond donors (Lipinski definition) is 0. The summed E-state index contributed by atoms with van der Waals surface area (Å²) in [6, 6.07) is 16.1. The summed E-state index contributed by atoms with van der Waals surface area (Å²) in [5.74, 6) is 0.876. The maximum atomic E-state index is 5.88. The van der Waals surface area contributed by atoms with Crippen molar-refractivity contribution in [1.29, 1.82) is 0 Å². The van der Waals surface area contributed by atoms with E-state index in [4.69, 9.17) is 9.26 Å². The Kier molecular flexibility index (Phi) is 4.36. The molecule has 1 aliphatic rings. The molecule has 0 spiro atoms. The molecule has 1 aromatic carbocycles. The molecule has 1 fully saturated rings. The molecule has 1 aliphatic heterocycles. The average molecular weight is 321 g/mol. The Morgan fingerprint density at radius 2 is 2.04 bits per heavy atom. The molecule has 0 bridgehead atoms. The van der Waals surface area contributed by atoms with E-state index in [0.29, 0.717) is 6.61 Å². The maximum Gasteiger partial charge on any atom is 0.151 e. The number of nitrogens with zero attached hydrogens (tertiary/aromatic N) is 3. The van der Waals surface area contributed by atoms with Crippen LogP contribution in [0.2, 0.25) is 0 Å². The maximum absolute atomic E-state index is 5.88. The summed E-state index contributed by atoms with van der Waals surface area (Å²) in [5.41, 5.74) is 3.06. The summed E-state index contributed by atoms with van der Waals surface area (Å²) in [6.07, 6.45) is 3.71. The van der Waals surface area contributed by atoms with Crippen LogP contribution in [0.1, 0.15) is 17.4 Å². The lowest BCUT2D eigenvalue weighted by Gasteiger charge is -2.32. The van der Waals surface area contributed by atoms with Gasteiger partial charge >= 0.3 is 0 Å². The molecule has 122 valence electrons. The molecular formula is C19H19N3O2. The third-order valence-corrected chi connectivity index (χ3v) is 4.21. The molecule has 0 radical (unpaired) electrons. The highest BCUT2D eigenvalue weighted by Crippen LogP contribution is 2.24. The van der Waals surface area contributed by atoms with Gasteiger partial charge in [0.25, 0.3) is 0 Å². The minimum absolute atomic E-state index is 0.0592. The van der Waals surface area contributed by atoms with Gasteiger partial charge in [-0.1, -0.05) is 41.6 Å². The largest absolute Gasteiger partial charge is 0.371 e. The molecule has 5 heteroatoms.